The second kappa shape index (κ2) is 9.90. The maximum Gasteiger partial charge on any atom is 0.267 e. The van der Waals surface area contributed by atoms with E-state index in [0.29, 0.717) is 37.6 Å². The van der Waals surface area contributed by atoms with Crippen LogP contribution in [0.5, 0.6) is 5.88 Å². The molecule has 0 saturated carbocycles. The number of carbonyl (C=O) groups is 2. The number of piperazine rings is 1. The minimum absolute atomic E-state index is 0.0136. The Morgan fingerprint density at radius 1 is 0.971 bits per heavy atom. The van der Waals surface area contributed by atoms with Crippen molar-refractivity contribution in [3.8, 4) is 23.0 Å². The second-order valence-corrected chi connectivity index (χ2v) is 8.39. The Morgan fingerprint density at radius 2 is 1.65 bits per heavy atom. The number of carbonyl (C=O) groups excluding carboxylic acids is 2. The van der Waals surface area contributed by atoms with E-state index in [1.54, 1.807) is 26.6 Å². The van der Waals surface area contributed by atoms with Crippen molar-refractivity contribution >= 4 is 11.8 Å². The van der Waals surface area contributed by atoms with Gasteiger partial charge >= 0.3 is 0 Å². The summed E-state index contributed by atoms with van der Waals surface area (Å²) in [5.41, 5.74) is 1.81. The summed E-state index contributed by atoms with van der Waals surface area (Å²) in [4.78, 5) is 39.7. The Bertz CT molecular complexity index is 1230. The Balaban J connectivity index is 1.56. The molecule has 10 nitrogen and oxygen atoms in total. The van der Waals surface area contributed by atoms with E-state index in [1.165, 1.54) is 17.7 Å². The monoisotopic (exact) mass is 464 g/mol. The van der Waals surface area contributed by atoms with Crippen molar-refractivity contribution in [1.29, 1.82) is 0 Å². The Kier molecular flexibility index (Phi) is 6.76. The van der Waals surface area contributed by atoms with Gasteiger partial charge < -0.3 is 14.5 Å². The van der Waals surface area contributed by atoms with Crippen molar-refractivity contribution in [3.05, 3.63) is 58.9 Å². The average Bonchev–Trinajstić information content (AvgIpc) is 3.27. The van der Waals surface area contributed by atoms with Crippen LogP contribution < -0.4 is 10.3 Å². The first-order chi connectivity index (χ1) is 16.3. The molecule has 3 heterocycles. The third-order valence-corrected chi connectivity index (χ3v) is 5.69. The average molecular weight is 465 g/mol. The SMILES string of the molecule is CC(=O)N1CCN(C(=O)COc2cc(-c3ccc(=O)n(C(C)C)n3)n(-c3ccccc3)n2)CC1. The van der Waals surface area contributed by atoms with Crippen molar-refractivity contribution in [2.75, 3.05) is 32.8 Å². The predicted octanol–water partition coefficient (Wildman–Crippen LogP) is 1.75. The molecule has 1 aromatic carbocycles. The normalized spacial score (nSPS) is 13.9. The first kappa shape index (κ1) is 23.2. The molecule has 0 unspecified atom stereocenters. The standard InChI is InChI=1S/C24H28N6O4/c1-17(2)29-23(32)10-9-20(25-29)21-15-22(26-30(21)19-7-5-4-6-8-19)34-16-24(33)28-13-11-27(12-14-28)18(3)31/h4-10,15,17H,11-14,16H2,1-3H3. The predicted molar refractivity (Wildman–Crippen MR) is 126 cm³/mol. The summed E-state index contributed by atoms with van der Waals surface area (Å²) in [6.07, 6.45) is 0. The van der Waals surface area contributed by atoms with Crippen LogP contribution in [-0.4, -0.2) is 74.0 Å². The van der Waals surface area contributed by atoms with E-state index in [2.05, 4.69) is 10.2 Å². The Hall–Kier alpha value is -3.95. The van der Waals surface area contributed by atoms with E-state index in [4.69, 9.17) is 4.74 Å². The smallest absolute Gasteiger partial charge is 0.267 e. The highest BCUT2D eigenvalue weighted by atomic mass is 16.5. The van der Waals surface area contributed by atoms with Crippen molar-refractivity contribution in [2.24, 2.45) is 0 Å². The molecule has 3 aromatic rings. The Morgan fingerprint density at radius 3 is 2.29 bits per heavy atom. The minimum atomic E-state index is -0.184. The molecule has 1 aliphatic rings. The lowest BCUT2D eigenvalue weighted by Gasteiger charge is -2.34. The summed E-state index contributed by atoms with van der Waals surface area (Å²) < 4.78 is 8.86. The van der Waals surface area contributed by atoms with Crippen LogP contribution in [0.2, 0.25) is 0 Å². The zero-order valence-corrected chi connectivity index (χ0v) is 19.5. The largest absolute Gasteiger partial charge is 0.466 e. The van der Waals surface area contributed by atoms with Crippen LogP contribution >= 0.6 is 0 Å². The number of amides is 2. The number of nitrogens with zero attached hydrogens (tertiary/aromatic N) is 6. The van der Waals surface area contributed by atoms with Crippen molar-refractivity contribution < 1.29 is 14.3 Å². The molecule has 0 bridgehead atoms. The number of aromatic nitrogens is 4. The van der Waals surface area contributed by atoms with Gasteiger partial charge in [-0.25, -0.2) is 9.36 Å². The molecule has 34 heavy (non-hydrogen) atoms. The maximum absolute atomic E-state index is 12.6. The van der Waals surface area contributed by atoms with Gasteiger partial charge in [0.05, 0.1) is 17.4 Å². The van der Waals surface area contributed by atoms with Gasteiger partial charge in [0.2, 0.25) is 11.8 Å². The highest BCUT2D eigenvalue weighted by molar-refractivity contribution is 5.78. The molecule has 1 aliphatic heterocycles. The number of rotatable bonds is 6. The fourth-order valence-electron chi connectivity index (χ4n) is 3.81. The highest BCUT2D eigenvalue weighted by Crippen LogP contribution is 2.25. The second-order valence-electron chi connectivity index (χ2n) is 8.39. The molecule has 2 amide bonds. The van der Waals surface area contributed by atoms with Gasteiger partial charge in [0.25, 0.3) is 11.5 Å². The number of benzene rings is 1. The summed E-state index contributed by atoms with van der Waals surface area (Å²) in [7, 11) is 0. The number of para-hydroxylation sites is 1. The highest BCUT2D eigenvalue weighted by Gasteiger charge is 2.23. The number of hydrogen-bond acceptors (Lipinski definition) is 6. The van der Waals surface area contributed by atoms with Crippen LogP contribution in [0.1, 0.15) is 26.8 Å². The van der Waals surface area contributed by atoms with Crippen LogP contribution in [0.15, 0.2) is 53.3 Å². The van der Waals surface area contributed by atoms with Crippen molar-refractivity contribution in [2.45, 2.75) is 26.8 Å². The summed E-state index contributed by atoms with van der Waals surface area (Å²) in [6.45, 7) is 7.15. The molecule has 0 aliphatic carbocycles. The lowest BCUT2D eigenvalue weighted by atomic mass is 10.2. The van der Waals surface area contributed by atoms with Gasteiger partial charge in [-0.15, -0.1) is 5.10 Å². The van der Waals surface area contributed by atoms with Crippen molar-refractivity contribution in [1.82, 2.24) is 29.4 Å². The first-order valence-electron chi connectivity index (χ1n) is 11.3. The molecule has 0 N–H and O–H groups in total. The van der Waals surface area contributed by atoms with E-state index in [9.17, 15) is 14.4 Å². The van der Waals surface area contributed by atoms with Crippen LogP contribution in [0.3, 0.4) is 0 Å². The van der Waals surface area contributed by atoms with Gasteiger partial charge in [-0.2, -0.15) is 5.10 Å². The topological polar surface area (TPSA) is 103 Å². The van der Waals surface area contributed by atoms with Gasteiger partial charge in [0, 0.05) is 45.2 Å². The van der Waals surface area contributed by atoms with Gasteiger partial charge in [-0.3, -0.25) is 14.4 Å². The Labute approximate surface area is 197 Å². The molecular formula is C24H28N6O4. The molecule has 178 valence electrons. The van der Waals surface area contributed by atoms with Crippen LogP contribution in [0.4, 0.5) is 0 Å². The quantitative estimate of drug-likeness (QED) is 0.551. The maximum atomic E-state index is 12.6. The zero-order chi connectivity index (χ0) is 24.2. The molecule has 0 atom stereocenters. The molecular weight excluding hydrogens is 436 g/mol. The summed E-state index contributed by atoms with van der Waals surface area (Å²) >= 11 is 0. The zero-order valence-electron chi connectivity index (χ0n) is 19.5. The summed E-state index contributed by atoms with van der Waals surface area (Å²) in [6, 6.07) is 14.3. The van der Waals surface area contributed by atoms with Gasteiger partial charge in [-0.1, -0.05) is 18.2 Å². The van der Waals surface area contributed by atoms with E-state index in [1.807, 2.05) is 44.2 Å². The molecule has 0 spiro atoms. The minimum Gasteiger partial charge on any atom is -0.466 e. The van der Waals surface area contributed by atoms with E-state index >= 15 is 0 Å². The fourth-order valence-corrected chi connectivity index (χ4v) is 3.81. The lowest BCUT2D eigenvalue weighted by Crippen LogP contribution is -2.51. The summed E-state index contributed by atoms with van der Waals surface area (Å²) in [5.74, 6) is 0.129. The third-order valence-electron chi connectivity index (χ3n) is 5.69. The first-order valence-corrected chi connectivity index (χ1v) is 11.3. The molecule has 1 fully saturated rings. The summed E-state index contributed by atoms with van der Waals surface area (Å²) in [5, 5.41) is 9.06. The van der Waals surface area contributed by atoms with E-state index < -0.39 is 0 Å². The van der Waals surface area contributed by atoms with Crippen LogP contribution in [0.25, 0.3) is 17.1 Å². The molecule has 4 rings (SSSR count). The van der Waals surface area contributed by atoms with Crippen LogP contribution in [0, 0.1) is 0 Å². The lowest BCUT2D eigenvalue weighted by molar-refractivity contribution is -0.139. The van der Waals surface area contributed by atoms with Gasteiger partial charge in [0.15, 0.2) is 6.61 Å². The van der Waals surface area contributed by atoms with E-state index in [0.717, 1.165) is 5.69 Å². The number of hydrogen-bond donors (Lipinski definition) is 0. The molecule has 10 heteroatoms. The fraction of sp³-hybridized carbons (Fsp3) is 0.375. The number of ether oxygens (including phenoxy) is 1. The third kappa shape index (κ3) is 5.00. The van der Waals surface area contributed by atoms with E-state index in [-0.39, 0.29) is 35.9 Å². The molecule has 1 saturated heterocycles. The van der Waals surface area contributed by atoms with Gasteiger partial charge in [0.1, 0.15) is 5.69 Å². The van der Waals surface area contributed by atoms with Crippen LogP contribution in [-0.2, 0) is 9.59 Å². The van der Waals surface area contributed by atoms with Gasteiger partial charge in [-0.05, 0) is 32.0 Å². The van der Waals surface area contributed by atoms with Crippen molar-refractivity contribution in [3.63, 3.8) is 0 Å². The molecule has 0 radical (unpaired) electrons. The molecule has 2 aromatic heterocycles.